The second-order valence-electron chi connectivity index (χ2n) is 2.60. The SMILES string of the molecule is CC[CH]CCc1cccnc1. The van der Waals surface area contributed by atoms with E-state index in [0.717, 1.165) is 6.42 Å². The van der Waals surface area contributed by atoms with Gasteiger partial charge in [-0.2, -0.15) is 0 Å². The van der Waals surface area contributed by atoms with Crippen molar-refractivity contribution < 1.29 is 0 Å². The molecule has 59 valence electrons. The predicted octanol–water partition coefficient (Wildman–Crippen LogP) is 2.63. The van der Waals surface area contributed by atoms with E-state index in [-0.39, 0.29) is 0 Å². The highest BCUT2D eigenvalue weighted by molar-refractivity contribution is 5.08. The summed E-state index contributed by atoms with van der Waals surface area (Å²) in [6, 6.07) is 4.11. The van der Waals surface area contributed by atoms with E-state index in [1.165, 1.54) is 18.4 Å². The molecule has 1 aromatic rings. The molecule has 0 fully saturated rings. The lowest BCUT2D eigenvalue weighted by Crippen LogP contribution is -1.85. The molecule has 11 heavy (non-hydrogen) atoms. The van der Waals surface area contributed by atoms with Crippen LogP contribution in [0.4, 0.5) is 0 Å². The minimum atomic E-state index is 1.13. The van der Waals surface area contributed by atoms with Crippen LogP contribution in [0.15, 0.2) is 24.5 Å². The third-order valence-electron chi connectivity index (χ3n) is 1.65. The molecule has 0 saturated carbocycles. The van der Waals surface area contributed by atoms with Gasteiger partial charge in [-0.25, -0.2) is 0 Å². The van der Waals surface area contributed by atoms with E-state index in [2.05, 4.69) is 24.4 Å². The van der Waals surface area contributed by atoms with Crippen molar-refractivity contribution in [3.8, 4) is 0 Å². The van der Waals surface area contributed by atoms with Gasteiger partial charge in [-0.3, -0.25) is 4.98 Å². The van der Waals surface area contributed by atoms with Gasteiger partial charge in [0.05, 0.1) is 0 Å². The van der Waals surface area contributed by atoms with Crippen molar-refractivity contribution in [1.29, 1.82) is 0 Å². The molecule has 1 rings (SSSR count). The lowest BCUT2D eigenvalue weighted by Gasteiger charge is -1.97. The number of rotatable bonds is 4. The molecule has 1 nitrogen and oxygen atoms in total. The smallest absolute Gasteiger partial charge is 0.0299 e. The lowest BCUT2D eigenvalue weighted by molar-refractivity contribution is 0.873. The summed E-state index contributed by atoms with van der Waals surface area (Å²) < 4.78 is 0. The zero-order chi connectivity index (χ0) is 7.94. The van der Waals surface area contributed by atoms with Gasteiger partial charge in [-0.05, 0) is 30.9 Å². The number of unbranched alkanes of at least 4 members (excludes halogenated alkanes) is 2. The molecule has 0 bridgehead atoms. The molecule has 0 aliphatic heterocycles. The van der Waals surface area contributed by atoms with Gasteiger partial charge >= 0.3 is 0 Å². The average molecular weight is 148 g/mol. The molecule has 1 heterocycles. The van der Waals surface area contributed by atoms with Crippen molar-refractivity contribution in [1.82, 2.24) is 4.98 Å². The lowest BCUT2D eigenvalue weighted by atomic mass is 10.1. The first-order chi connectivity index (χ1) is 5.43. The molecule has 0 atom stereocenters. The average Bonchev–Trinajstić information content (AvgIpc) is 2.07. The Morgan fingerprint density at radius 3 is 3.09 bits per heavy atom. The summed E-state index contributed by atoms with van der Waals surface area (Å²) in [4.78, 5) is 4.05. The number of hydrogen-bond acceptors (Lipinski definition) is 1. The normalized spacial score (nSPS) is 9.91. The van der Waals surface area contributed by atoms with Crippen LogP contribution in [-0.2, 0) is 6.42 Å². The van der Waals surface area contributed by atoms with E-state index in [1.54, 1.807) is 0 Å². The van der Waals surface area contributed by atoms with E-state index in [0.29, 0.717) is 0 Å². The van der Waals surface area contributed by atoms with Crippen molar-refractivity contribution in [2.75, 3.05) is 0 Å². The molecule has 0 aromatic carbocycles. The summed E-state index contributed by atoms with van der Waals surface area (Å²) >= 11 is 0. The Kier molecular flexibility index (Phi) is 3.67. The van der Waals surface area contributed by atoms with Gasteiger partial charge in [0.1, 0.15) is 0 Å². The van der Waals surface area contributed by atoms with Gasteiger partial charge in [0.25, 0.3) is 0 Å². The van der Waals surface area contributed by atoms with Crippen LogP contribution >= 0.6 is 0 Å². The molecule has 1 aromatic heterocycles. The summed E-state index contributed by atoms with van der Waals surface area (Å²) in [7, 11) is 0. The monoisotopic (exact) mass is 148 g/mol. The Balaban J connectivity index is 2.28. The molecule has 0 amide bonds. The fraction of sp³-hybridized carbons (Fsp3) is 0.400. The molecule has 0 spiro atoms. The predicted molar refractivity (Wildman–Crippen MR) is 47.1 cm³/mol. The molecular weight excluding hydrogens is 134 g/mol. The van der Waals surface area contributed by atoms with Crippen LogP contribution in [0.1, 0.15) is 25.3 Å². The first kappa shape index (κ1) is 8.25. The van der Waals surface area contributed by atoms with Gasteiger partial charge in [-0.15, -0.1) is 0 Å². The number of hydrogen-bond donors (Lipinski definition) is 0. The zero-order valence-corrected chi connectivity index (χ0v) is 6.96. The largest absolute Gasteiger partial charge is 0.264 e. The van der Waals surface area contributed by atoms with Gasteiger partial charge in [0, 0.05) is 12.4 Å². The number of aromatic nitrogens is 1. The van der Waals surface area contributed by atoms with Crippen molar-refractivity contribution in [2.45, 2.75) is 26.2 Å². The second-order valence-corrected chi connectivity index (χ2v) is 2.60. The van der Waals surface area contributed by atoms with Crippen LogP contribution in [0.2, 0.25) is 0 Å². The van der Waals surface area contributed by atoms with Gasteiger partial charge in [-0.1, -0.05) is 19.4 Å². The number of pyridine rings is 1. The molecule has 1 radical (unpaired) electrons. The van der Waals surface area contributed by atoms with Crippen molar-refractivity contribution >= 4 is 0 Å². The van der Waals surface area contributed by atoms with Crippen molar-refractivity contribution in [3.05, 3.63) is 36.5 Å². The minimum Gasteiger partial charge on any atom is -0.264 e. The van der Waals surface area contributed by atoms with Gasteiger partial charge < -0.3 is 0 Å². The van der Waals surface area contributed by atoms with E-state index >= 15 is 0 Å². The Morgan fingerprint density at radius 2 is 2.45 bits per heavy atom. The van der Waals surface area contributed by atoms with Crippen LogP contribution in [0, 0.1) is 6.42 Å². The Bertz CT molecular complexity index is 181. The maximum atomic E-state index is 4.05. The van der Waals surface area contributed by atoms with Crippen LogP contribution in [0.3, 0.4) is 0 Å². The van der Waals surface area contributed by atoms with Gasteiger partial charge in [0.2, 0.25) is 0 Å². The van der Waals surface area contributed by atoms with Crippen molar-refractivity contribution in [2.24, 2.45) is 0 Å². The summed E-state index contributed by atoms with van der Waals surface area (Å²) in [5, 5.41) is 0. The van der Waals surface area contributed by atoms with Crippen LogP contribution in [0.5, 0.6) is 0 Å². The molecule has 0 unspecified atom stereocenters. The number of nitrogens with zero attached hydrogens (tertiary/aromatic N) is 1. The summed E-state index contributed by atoms with van der Waals surface area (Å²) in [5.74, 6) is 0. The molecule has 0 aliphatic carbocycles. The highest BCUT2D eigenvalue weighted by Gasteiger charge is 1.90. The van der Waals surface area contributed by atoms with Gasteiger partial charge in [0.15, 0.2) is 0 Å². The number of aryl methyl sites for hydroxylation is 1. The van der Waals surface area contributed by atoms with E-state index < -0.39 is 0 Å². The molecule has 1 heteroatoms. The second kappa shape index (κ2) is 4.89. The topological polar surface area (TPSA) is 12.9 Å². The Morgan fingerprint density at radius 1 is 1.55 bits per heavy atom. The maximum absolute atomic E-state index is 4.05. The van der Waals surface area contributed by atoms with E-state index in [4.69, 9.17) is 0 Å². The van der Waals surface area contributed by atoms with E-state index in [1.807, 2.05) is 18.5 Å². The quantitative estimate of drug-likeness (QED) is 0.598. The summed E-state index contributed by atoms with van der Waals surface area (Å²) in [5.41, 5.74) is 1.33. The fourth-order valence-electron chi connectivity index (χ4n) is 1.02. The first-order valence-electron chi connectivity index (χ1n) is 4.14. The molecular formula is C10H14N. The van der Waals surface area contributed by atoms with Crippen LogP contribution in [0.25, 0.3) is 0 Å². The summed E-state index contributed by atoms with van der Waals surface area (Å²) in [6.07, 6.45) is 9.51. The third kappa shape index (κ3) is 3.17. The minimum absolute atomic E-state index is 1.13. The highest BCUT2D eigenvalue weighted by atomic mass is 14.6. The standard InChI is InChI=1S/C10H14N/c1-2-3-4-6-10-7-5-8-11-9-10/h3,5,7-9H,2,4,6H2,1H3. The Hall–Kier alpha value is -0.850. The fourth-order valence-corrected chi connectivity index (χ4v) is 1.02. The van der Waals surface area contributed by atoms with Crippen molar-refractivity contribution in [3.63, 3.8) is 0 Å². The third-order valence-corrected chi connectivity index (χ3v) is 1.65. The molecule has 0 N–H and O–H groups in total. The molecule has 0 aliphatic rings. The highest BCUT2D eigenvalue weighted by Crippen LogP contribution is 2.02. The zero-order valence-electron chi connectivity index (χ0n) is 6.96. The molecule has 0 saturated heterocycles. The maximum Gasteiger partial charge on any atom is 0.0299 e. The van der Waals surface area contributed by atoms with Crippen LogP contribution in [-0.4, -0.2) is 4.98 Å². The first-order valence-corrected chi connectivity index (χ1v) is 4.14. The Labute approximate surface area is 68.5 Å². The summed E-state index contributed by atoms with van der Waals surface area (Å²) in [6.45, 7) is 2.17. The van der Waals surface area contributed by atoms with E-state index in [9.17, 15) is 0 Å². The van der Waals surface area contributed by atoms with Crippen LogP contribution < -0.4 is 0 Å².